The maximum atomic E-state index is 12.7. The van der Waals surface area contributed by atoms with Gasteiger partial charge in [0.1, 0.15) is 17.1 Å². The number of carbonyl (C=O) groups excluding carboxylic acids is 1. The molecule has 0 spiro atoms. The zero-order valence-electron chi connectivity index (χ0n) is 13.4. The van der Waals surface area contributed by atoms with Crippen LogP contribution >= 0.6 is 0 Å². The summed E-state index contributed by atoms with van der Waals surface area (Å²) in [5.74, 6) is 0.448. The van der Waals surface area contributed by atoms with E-state index in [4.69, 9.17) is 4.74 Å². The molecule has 1 N–H and O–H groups in total. The molecular weight excluding hydrogens is 290 g/mol. The first-order chi connectivity index (χ1) is 11.1. The summed E-state index contributed by atoms with van der Waals surface area (Å²) in [6.45, 7) is 5.74. The number of para-hydroxylation sites is 2. The number of nitrogens with zero attached hydrogens (tertiary/aromatic N) is 2. The fourth-order valence-corrected chi connectivity index (χ4v) is 2.50. The molecular formula is C18H19N3O2. The van der Waals surface area contributed by atoms with Gasteiger partial charge in [-0.05, 0) is 45.0 Å². The van der Waals surface area contributed by atoms with Crippen LogP contribution in [0.25, 0.3) is 5.65 Å². The average Bonchev–Trinajstić information content (AvgIpc) is 2.84. The maximum absolute atomic E-state index is 12.7. The van der Waals surface area contributed by atoms with Gasteiger partial charge >= 0.3 is 0 Å². The molecule has 1 amide bonds. The van der Waals surface area contributed by atoms with Crippen LogP contribution in [0.2, 0.25) is 0 Å². The second kappa shape index (κ2) is 6.12. The maximum Gasteiger partial charge on any atom is 0.274 e. The van der Waals surface area contributed by atoms with Crippen molar-refractivity contribution in [2.24, 2.45) is 0 Å². The van der Waals surface area contributed by atoms with Gasteiger partial charge < -0.3 is 10.1 Å². The number of pyridine rings is 1. The molecule has 1 aromatic carbocycles. The van der Waals surface area contributed by atoms with Crippen molar-refractivity contribution >= 4 is 17.2 Å². The molecule has 0 fully saturated rings. The minimum absolute atomic E-state index is 0.0329. The van der Waals surface area contributed by atoms with E-state index in [-0.39, 0.29) is 12.0 Å². The fraction of sp³-hybridized carbons (Fsp3) is 0.222. The first-order valence-electron chi connectivity index (χ1n) is 7.57. The Morgan fingerprint density at radius 2 is 1.91 bits per heavy atom. The Hall–Kier alpha value is -2.82. The van der Waals surface area contributed by atoms with E-state index in [9.17, 15) is 4.79 Å². The number of ether oxygens (including phenoxy) is 1. The van der Waals surface area contributed by atoms with Crippen LogP contribution in [0.4, 0.5) is 5.69 Å². The van der Waals surface area contributed by atoms with Gasteiger partial charge in [0.05, 0.1) is 17.5 Å². The summed E-state index contributed by atoms with van der Waals surface area (Å²) >= 11 is 0. The molecule has 2 aromatic heterocycles. The Morgan fingerprint density at radius 1 is 1.17 bits per heavy atom. The summed E-state index contributed by atoms with van der Waals surface area (Å²) in [6.07, 6.45) is 1.87. The Bertz CT molecular complexity index is 852. The number of imidazole rings is 1. The number of amides is 1. The highest BCUT2D eigenvalue weighted by molar-refractivity contribution is 6.05. The van der Waals surface area contributed by atoms with E-state index in [2.05, 4.69) is 10.3 Å². The number of carbonyl (C=O) groups is 1. The Kier molecular flexibility index (Phi) is 4.02. The van der Waals surface area contributed by atoms with Crippen LogP contribution in [-0.2, 0) is 0 Å². The smallest absolute Gasteiger partial charge is 0.274 e. The molecule has 3 aromatic rings. The lowest BCUT2D eigenvalue weighted by molar-refractivity contribution is 0.102. The van der Waals surface area contributed by atoms with E-state index in [1.54, 1.807) is 4.40 Å². The SMILES string of the molecule is Cc1nc2ccccn2c1C(=O)Nc1ccccc1OC(C)C. The predicted molar refractivity (Wildman–Crippen MR) is 90.1 cm³/mol. The lowest BCUT2D eigenvalue weighted by Crippen LogP contribution is -2.17. The number of anilines is 1. The van der Waals surface area contributed by atoms with E-state index in [1.165, 1.54) is 0 Å². The third-order valence-electron chi connectivity index (χ3n) is 3.42. The molecule has 0 saturated heterocycles. The van der Waals surface area contributed by atoms with Crippen molar-refractivity contribution in [3.8, 4) is 5.75 Å². The molecule has 0 aliphatic carbocycles. The number of nitrogens with one attached hydrogen (secondary N) is 1. The number of aryl methyl sites for hydroxylation is 1. The zero-order chi connectivity index (χ0) is 16.4. The number of benzene rings is 1. The van der Waals surface area contributed by atoms with Gasteiger partial charge in [-0.15, -0.1) is 0 Å². The van der Waals surface area contributed by atoms with Crippen molar-refractivity contribution in [1.82, 2.24) is 9.38 Å². The second-order valence-electron chi connectivity index (χ2n) is 5.59. The standard InChI is InChI=1S/C18H19N3O2/c1-12(2)23-15-9-5-4-8-14(15)20-18(22)17-13(3)19-16-10-6-7-11-21(16)17/h4-12H,1-3H3,(H,20,22). The van der Waals surface area contributed by atoms with Gasteiger partial charge in [0.15, 0.2) is 0 Å². The summed E-state index contributed by atoms with van der Waals surface area (Å²) < 4.78 is 7.53. The van der Waals surface area contributed by atoms with Gasteiger partial charge in [-0.3, -0.25) is 9.20 Å². The molecule has 0 aliphatic rings. The van der Waals surface area contributed by atoms with Crippen molar-refractivity contribution < 1.29 is 9.53 Å². The minimum Gasteiger partial charge on any atom is -0.489 e. The molecule has 0 bridgehead atoms. The third kappa shape index (κ3) is 3.04. The summed E-state index contributed by atoms with van der Waals surface area (Å²) in [6, 6.07) is 13.1. The van der Waals surface area contributed by atoms with Gasteiger partial charge in [0.25, 0.3) is 5.91 Å². The molecule has 5 nitrogen and oxygen atoms in total. The van der Waals surface area contributed by atoms with Crippen LogP contribution in [0.1, 0.15) is 30.0 Å². The summed E-state index contributed by atoms with van der Waals surface area (Å²) in [5, 5.41) is 2.93. The number of hydrogen-bond donors (Lipinski definition) is 1. The number of hydrogen-bond acceptors (Lipinski definition) is 3. The predicted octanol–water partition coefficient (Wildman–Crippen LogP) is 3.68. The van der Waals surface area contributed by atoms with E-state index in [0.717, 1.165) is 5.65 Å². The fourth-order valence-electron chi connectivity index (χ4n) is 2.50. The monoisotopic (exact) mass is 309 g/mol. The molecule has 3 rings (SSSR count). The highest BCUT2D eigenvalue weighted by atomic mass is 16.5. The van der Waals surface area contributed by atoms with Crippen LogP contribution in [0, 0.1) is 6.92 Å². The average molecular weight is 309 g/mol. The number of fused-ring (bicyclic) bond motifs is 1. The largest absolute Gasteiger partial charge is 0.489 e. The van der Waals surface area contributed by atoms with E-state index in [1.807, 2.05) is 69.4 Å². The summed E-state index contributed by atoms with van der Waals surface area (Å²) in [7, 11) is 0. The van der Waals surface area contributed by atoms with Gasteiger partial charge in [0.2, 0.25) is 0 Å². The third-order valence-corrected chi connectivity index (χ3v) is 3.42. The highest BCUT2D eigenvalue weighted by Gasteiger charge is 2.18. The first-order valence-corrected chi connectivity index (χ1v) is 7.57. The van der Waals surface area contributed by atoms with E-state index >= 15 is 0 Å². The lowest BCUT2D eigenvalue weighted by Gasteiger charge is -2.14. The second-order valence-corrected chi connectivity index (χ2v) is 5.59. The van der Waals surface area contributed by atoms with Crippen LogP contribution in [0.5, 0.6) is 5.75 Å². The lowest BCUT2D eigenvalue weighted by atomic mass is 10.2. The first kappa shape index (κ1) is 15.1. The molecule has 0 saturated carbocycles. The van der Waals surface area contributed by atoms with Crippen LogP contribution in [0.15, 0.2) is 48.7 Å². The van der Waals surface area contributed by atoms with Crippen LogP contribution in [0.3, 0.4) is 0 Å². The van der Waals surface area contributed by atoms with Gasteiger partial charge in [0, 0.05) is 6.20 Å². The van der Waals surface area contributed by atoms with E-state index < -0.39 is 0 Å². The van der Waals surface area contributed by atoms with Crippen molar-refractivity contribution in [2.45, 2.75) is 26.9 Å². The quantitative estimate of drug-likeness (QED) is 0.800. The molecule has 118 valence electrons. The van der Waals surface area contributed by atoms with Gasteiger partial charge in [-0.25, -0.2) is 4.98 Å². The van der Waals surface area contributed by atoms with Crippen molar-refractivity contribution in [3.05, 3.63) is 60.0 Å². The topological polar surface area (TPSA) is 55.6 Å². The van der Waals surface area contributed by atoms with E-state index in [0.29, 0.717) is 22.8 Å². The molecule has 5 heteroatoms. The van der Waals surface area contributed by atoms with Crippen molar-refractivity contribution in [1.29, 1.82) is 0 Å². The minimum atomic E-state index is -0.207. The number of aromatic nitrogens is 2. The zero-order valence-corrected chi connectivity index (χ0v) is 13.4. The van der Waals surface area contributed by atoms with Crippen LogP contribution in [-0.4, -0.2) is 21.4 Å². The molecule has 2 heterocycles. The summed E-state index contributed by atoms with van der Waals surface area (Å²) in [5.41, 5.74) is 2.62. The normalized spacial score (nSPS) is 11.0. The number of rotatable bonds is 4. The molecule has 0 unspecified atom stereocenters. The van der Waals surface area contributed by atoms with Crippen molar-refractivity contribution in [2.75, 3.05) is 5.32 Å². The molecule has 0 atom stereocenters. The molecule has 0 radical (unpaired) electrons. The van der Waals surface area contributed by atoms with Gasteiger partial charge in [-0.2, -0.15) is 0 Å². The highest BCUT2D eigenvalue weighted by Crippen LogP contribution is 2.26. The Labute approximate surface area is 134 Å². The Balaban J connectivity index is 1.94. The summed E-state index contributed by atoms with van der Waals surface area (Å²) in [4.78, 5) is 17.1. The van der Waals surface area contributed by atoms with Crippen LogP contribution < -0.4 is 10.1 Å². The Morgan fingerprint density at radius 3 is 2.70 bits per heavy atom. The molecule has 0 aliphatic heterocycles. The van der Waals surface area contributed by atoms with Crippen molar-refractivity contribution in [3.63, 3.8) is 0 Å². The molecule has 23 heavy (non-hydrogen) atoms. The van der Waals surface area contributed by atoms with Gasteiger partial charge in [-0.1, -0.05) is 18.2 Å².